The minimum absolute atomic E-state index is 0.0497. The third-order valence-corrected chi connectivity index (χ3v) is 3.99. The molecule has 0 fully saturated rings. The number of carbonyl (C=O) groups is 1. The number of fused-ring (bicyclic) bond motifs is 1. The molecule has 1 amide bonds. The standard InChI is InChI=1S/C16H16FN3OS/c1-10(2)9-13(21)18-15-14(11-3-5-12(17)6-4-11)19-16-20(15)7-8-22-16/h3-8,10H,9H2,1-2H3,(H,18,21). The van der Waals surface area contributed by atoms with E-state index in [1.165, 1.54) is 23.5 Å². The number of imidazole rings is 1. The molecule has 3 aromatic rings. The molecule has 3 rings (SSSR count). The van der Waals surface area contributed by atoms with Crippen molar-refractivity contribution in [1.29, 1.82) is 0 Å². The van der Waals surface area contributed by atoms with Gasteiger partial charge in [0.05, 0.1) is 0 Å². The van der Waals surface area contributed by atoms with Crippen LogP contribution in [0, 0.1) is 11.7 Å². The SMILES string of the molecule is CC(C)CC(=O)Nc1c(-c2ccc(F)cc2)nc2sccn12. The van der Waals surface area contributed by atoms with Crippen LogP contribution in [0.4, 0.5) is 10.2 Å². The normalized spacial score (nSPS) is 11.3. The number of benzene rings is 1. The van der Waals surface area contributed by atoms with E-state index in [1.54, 1.807) is 12.1 Å². The van der Waals surface area contributed by atoms with Gasteiger partial charge in [0, 0.05) is 23.6 Å². The van der Waals surface area contributed by atoms with Crippen molar-refractivity contribution in [3.05, 3.63) is 41.7 Å². The maximum absolute atomic E-state index is 13.1. The first-order valence-corrected chi connectivity index (χ1v) is 7.94. The van der Waals surface area contributed by atoms with E-state index in [-0.39, 0.29) is 17.6 Å². The van der Waals surface area contributed by atoms with Crippen LogP contribution < -0.4 is 5.32 Å². The zero-order valence-corrected chi connectivity index (χ0v) is 13.2. The lowest BCUT2D eigenvalue weighted by molar-refractivity contribution is -0.116. The highest BCUT2D eigenvalue weighted by Gasteiger charge is 2.17. The van der Waals surface area contributed by atoms with Crippen LogP contribution in [0.5, 0.6) is 0 Å². The topological polar surface area (TPSA) is 46.4 Å². The van der Waals surface area contributed by atoms with Crippen molar-refractivity contribution in [2.24, 2.45) is 5.92 Å². The lowest BCUT2D eigenvalue weighted by atomic mass is 10.1. The molecule has 114 valence electrons. The number of amides is 1. The molecule has 0 saturated heterocycles. The van der Waals surface area contributed by atoms with Gasteiger partial charge in [-0.15, -0.1) is 11.3 Å². The zero-order chi connectivity index (χ0) is 15.7. The summed E-state index contributed by atoms with van der Waals surface area (Å²) in [7, 11) is 0. The van der Waals surface area contributed by atoms with Gasteiger partial charge in [-0.1, -0.05) is 13.8 Å². The van der Waals surface area contributed by atoms with Gasteiger partial charge in [-0.05, 0) is 30.2 Å². The summed E-state index contributed by atoms with van der Waals surface area (Å²) < 4.78 is 15.0. The summed E-state index contributed by atoms with van der Waals surface area (Å²) in [5.74, 6) is 0.565. The molecule has 0 aliphatic rings. The number of thiazole rings is 1. The molecule has 1 aromatic carbocycles. The predicted molar refractivity (Wildman–Crippen MR) is 86.5 cm³/mol. The molecule has 22 heavy (non-hydrogen) atoms. The van der Waals surface area contributed by atoms with Crippen molar-refractivity contribution in [1.82, 2.24) is 9.38 Å². The molecule has 1 N–H and O–H groups in total. The smallest absolute Gasteiger partial charge is 0.225 e. The number of anilines is 1. The molecule has 2 heterocycles. The summed E-state index contributed by atoms with van der Waals surface area (Å²) in [6.07, 6.45) is 2.31. The first kappa shape index (κ1) is 14.7. The lowest BCUT2D eigenvalue weighted by Crippen LogP contribution is -2.15. The lowest BCUT2D eigenvalue weighted by Gasteiger charge is -2.08. The maximum Gasteiger partial charge on any atom is 0.225 e. The summed E-state index contributed by atoms with van der Waals surface area (Å²) in [6, 6.07) is 6.12. The fourth-order valence-electron chi connectivity index (χ4n) is 2.27. The molecule has 0 atom stereocenters. The van der Waals surface area contributed by atoms with E-state index >= 15 is 0 Å². The maximum atomic E-state index is 13.1. The van der Waals surface area contributed by atoms with Crippen molar-refractivity contribution in [3.8, 4) is 11.3 Å². The van der Waals surface area contributed by atoms with Crippen LogP contribution in [0.2, 0.25) is 0 Å². The second-order valence-electron chi connectivity index (χ2n) is 5.52. The molecule has 0 radical (unpaired) electrons. The van der Waals surface area contributed by atoms with Crippen LogP contribution in [-0.4, -0.2) is 15.3 Å². The van der Waals surface area contributed by atoms with Crippen LogP contribution in [0.15, 0.2) is 35.8 Å². The van der Waals surface area contributed by atoms with Gasteiger partial charge in [0.15, 0.2) is 4.96 Å². The Morgan fingerprint density at radius 2 is 2.09 bits per heavy atom. The summed E-state index contributed by atoms with van der Waals surface area (Å²) in [4.78, 5) is 17.5. The third kappa shape index (κ3) is 2.87. The van der Waals surface area contributed by atoms with Gasteiger partial charge in [-0.3, -0.25) is 9.20 Å². The molecule has 0 spiro atoms. The predicted octanol–water partition coefficient (Wildman–Crippen LogP) is 4.19. The van der Waals surface area contributed by atoms with E-state index in [2.05, 4.69) is 10.3 Å². The average molecular weight is 317 g/mol. The molecule has 0 saturated carbocycles. The molecule has 0 bridgehead atoms. The van der Waals surface area contributed by atoms with Crippen molar-refractivity contribution in [2.45, 2.75) is 20.3 Å². The second kappa shape index (κ2) is 5.88. The van der Waals surface area contributed by atoms with Crippen LogP contribution in [0.1, 0.15) is 20.3 Å². The number of nitrogens with one attached hydrogen (secondary N) is 1. The highest BCUT2D eigenvalue weighted by Crippen LogP contribution is 2.31. The largest absolute Gasteiger partial charge is 0.310 e. The average Bonchev–Trinajstić information content (AvgIpc) is 3.02. The number of carbonyl (C=O) groups excluding carboxylic acids is 1. The van der Waals surface area contributed by atoms with Gasteiger partial charge in [-0.2, -0.15) is 0 Å². The van der Waals surface area contributed by atoms with Gasteiger partial charge >= 0.3 is 0 Å². The summed E-state index contributed by atoms with van der Waals surface area (Å²) >= 11 is 1.49. The molecule has 6 heteroatoms. The monoisotopic (exact) mass is 317 g/mol. The van der Waals surface area contributed by atoms with Crippen LogP contribution in [0.3, 0.4) is 0 Å². The summed E-state index contributed by atoms with van der Waals surface area (Å²) in [5.41, 5.74) is 1.43. The molecule has 0 aliphatic heterocycles. The Bertz CT molecular complexity index is 805. The van der Waals surface area contributed by atoms with Crippen molar-refractivity contribution < 1.29 is 9.18 Å². The van der Waals surface area contributed by atoms with Gasteiger partial charge in [0.2, 0.25) is 5.91 Å². The van der Waals surface area contributed by atoms with Crippen LogP contribution in [0.25, 0.3) is 16.2 Å². The number of halogens is 1. The Labute approximate surface area is 131 Å². The molecular weight excluding hydrogens is 301 g/mol. The first-order valence-electron chi connectivity index (χ1n) is 7.06. The highest BCUT2D eigenvalue weighted by atomic mass is 32.1. The van der Waals surface area contributed by atoms with Crippen molar-refractivity contribution in [2.75, 3.05) is 5.32 Å². The molecule has 0 unspecified atom stereocenters. The molecule has 0 aliphatic carbocycles. The third-order valence-electron chi connectivity index (χ3n) is 3.23. The van der Waals surface area contributed by atoms with Crippen LogP contribution >= 0.6 is 11.3 Å². The quantitative estimate of drug-likeness (QED) is 0.784. The second-order valence-corrected chi connectivity index (χ2v) is 6.39. The van der Waals surface area contributed by atoms with Gasteiger partial charge in [0.1, 0.15) is 17.3 Å². The number of hydrogen-bond donors (Lipinski definition) is 1. The van der Waals surface area contributed by atoms with Crippen LogP contribution in [-0.2, 0) is 4.79 Å². The molecule has 4 nitrogen and oxygen atoms in total. The minimum Gasteiger partial charge on any atom is -0.310 e. The number of hydrogen-bond acceptors (Lipinski definition) is 3. The zero-order valence-electron chi connectivity index (χ0n) is 12.3. The van der Waals surface area contributed by atoms with Gasteiger partial charge in [-0.25, -0.2) is 9.37 Å². The van der Waals surface area contributed by atoms with E-state index in [1.807, 2.05) is 29.8 Å². The van der Waals surface area contributed by atoms with Gasteiger partial charge in [0.25, 0.3) is 0 Å². The van der Waals surface area contributed by atoms with Crippen molar-refractivity contribution in [3.63, 3.8) is 0 Å². The van der Waals surface area contributed by atoms with Crippen molar-refractivity contribution >= 4 is 28.0 Å². The van der Waals surface area contributed by atoms with E-state index in [0.717, 1.165) is 10.5 Å². The van der Waals surface area contributed by atoms with E-state index < -0.39 is 0 Å². The fraction of sp³-hybridized carbons (Fsp3) is 0.250. The molecule has 2 aromatic heterocycles. The Morgan fingerprint density at radius 3 is 2.77 bits per heavy atom. The van der Waals surface area contributed by atoms with Gasteiger partial charge < -0.3 is 5.32 Å². The fourth-order valence-corrected chi connectivity index (χ4v) is 2.98. The number of aromatic nitrogens is 2. The summed E-state index contributed by atoms with van der Waals surface area (Å²) in [5, 5.41) is 4.85. The molecular formula is C16H16FN3OS. The first-order chi connectivity index (χ1) is 10.5. The van der Waals surface area contributed by atoms with E-state index in [0.29, 0.717) is 17.9 Å². The minimum atomic E-state index is -0.296. The Balaban J connectivity index is 2.02. The Morgan fingerprint density at radius 1 is 1.36 bits per heavy atom. The highest BCUT2D eigenvalue weighted by molar-refractivity contribution is 7.15. The Hall–Kier alpha value is -2.21. The number of nitrogens with zero attached hydrogens (tertiary/aromatic N) is 2. The van der Waals surface area contributed by atoms with E-state index in [9.17, 15) is 9.18 Å². The number of rotatable bonds is 4. The van der Waals surface area contributed by atoms with E-state index in [4.69, 9.17) is 0 Å². The Kier molecular flexibility index (Phi) is 3.94. The summed E-state index contributed by atoms with van der Waals surface area (Å²) in [6.45, 7) is 3.99.